The van der Waals surface area contributed by atoms with Crippen molar-refractivity contribution in [2.75, 3.05) is 14.2 Å². The van der Waals surface area contributed by atoms with E-state index in [-0.39, 0.29) is 5.91 Å². The molecule has 0 radical (unpaired) electrons. The topological polar surface area (TPSA) is 59.9 Å². The number of rotatable bonds is 5. The van der Waals surface area contributed by atoms with Gasteiger partial charge in [0.1, 0.15) is 0 Å². The van der Waals surface area contributed by atoms with Crippen molar-refractivity contribution in [2.45, 2.75) is 0 Å². The number of hydrazone groups is 1. The van der Waals surface area contributed by atoms with Crippen LogP contribution in [0.3, 0.4) is 0 Å². The molecule has 1 amide bonds. The summed E-state index contributed by atoms with van der Waals surface area (Å²) in [6, 6.07) is 12.1. The minimum Gasteiger partial charge on any atom is -0.493 e. The highest BCUT2D eigenvalue weighted by Crippen LogP contribution is 2.27. The van der Waals surface area contributed by atoms with Crippen LogP contribution in [0.2, 0.25) is 5.02 Å². The molecule has 2 rings (SSSR count). The predicted octanol–water partition coefficient (Wildman–Crippen LogP) is 3.12. The van der Waals surface area contributed by atoms with Crippen LogP contribution in [0.1, 0.15) is 15.9 Å². The lowest BCUT2D eigenvalue weighted by Gasteiger charge is -2.08. The van der Waals surface area contributed by atoms with Gasteiger partial charge < -0.3 is 9.47 Å². The first-order valence-electron chi connectivity index (χ1n) is 6.45. The number of carbonyl (C=O) groups is 1. The van der Waals surface area contributed by atoms with E-state index < -0.39 is 0 Å². The number of halogens is 1. The fraction of sp³-hybridized carbons (Fsp3) is 0.125. The number of nitrogens with one attached hydrogen (secondary N) is 1. The second-order valence-corrected chi connectivity index (χ2v) is 4.70. The Labute approximate surface area is 133 Å². The molecule has 0 saturated heterocycles. The summed E-state index contributed by atoms with van der Waals surface area (Å²) in [7, 11) is 3.04. The molecule has 0 atom stereocenters. The zero-order chi connectivity index (χ0) is 15.9. The molecule has 2 aromatic rings. The zero-order valence-electron chi connectivity index (χ0n) is 12.2. The van der Waals surface area contributed by atoms with Gasteiger partial charge in [-0.25, -0.2) is 5.43 Å². The van der Waals surface area contributed by atoms with Gasteiger partial charge in [0.05, 0.1) is 20.4 Å². The lowest BCUT2D eigenvalue weighted by Crippen LogP contribution is -2.17. The van der Waals surface area contributed by atoms with Crippen LogP contribution >= 0.6 is 11.6 Å². The van der Waals surface area contributed by atoms with E-state index in [0.29, 0.717) is 22.1 Å². The molecule has 0 aliphatic rings. The first kappa shape index (κ1) is 15.9. The van der Waals surface area contributed by atoms with Crippen LogP contribution < -0.4 is 14.9 Å². The van der Waals surface area contributed by atoms with Crippen molar-refractivity contribution in [3.63, 3.8) is 0 Å². The normalized spacial score (nSPS) is 10.5. The van der Waals surface area contributed by atoms with Crippen molar-refractivity contribution >= 4 is 23.7 Å². The lowest BCUT2D eigenvalue weighted by molar-refractivity contribution is 0.0954. The average molecular weight is 319 g/mol. The molecule has 0 aromatic heterocycles. The van der Waals surface area contributed by atoms with Gasteiger partial charge in [0.25, 0.3) is 5.91 Å². The van der Waals surface area contributed by atoms with Crippen LogP contribution in [0.5, 0.6) is 11.5 Å². The number of ether oxygens (including phenoxy) is 2. The van der Waals surface area contributed by atoms with E-state index in [9.17, 15) is 4.79 Å². The first-order chi connectivity index (χ1) is 10.7. The molecule has 5 nitrogen and oxygen atoms in total. The van der Waals surface area contributed by atoms with Crippen molar-refractivity contribution in [1.82, 2.24) is 5.43 Å². The number of hydrogen-bond donors (Lipinski definition) is 1. The van der Waals surface area contributed by atoms with Gasteiger partial charge in [-0.2, -0.15) is 5.10 Å². The molecule has 0 unspecified atom stereocenters. The second kappa shape index (κ2) is 7.47. The average Bonchev–Trinajstić information content (AvgIpc) is 2.55. The van der Waals surface area contributed by atoms with Crippen molar-refractivity contribution in [3.05, 3.63) is 58.6 Å². The summed E-state index contributed by atoms with van der Waals surface area (Å²) in [5.74, 6) is 0.674. The molecular weight excluding hydrogens is 304 g/mol. The highest BCUT2D eigenvalue weighted by Gasteiger charge is 2.09. The highest BCUT2D eigenvalue weighted by atomic mass is 35.5. The maximum Gasteiger partial charge on any atom is 0.271 e. The molecule has 0 aliphatic carbocycles. The van der Waals surface area contributed by atoms with Gasteiger partial charge >= 0.3 is 0 Å². The van der Waals surface area contributed by atoms with E-state index in [4.69, 9.17) is 21.1 Å². The van der Waals surface area contributed by atoms with Gasteiger partial charge in [-0.15, -0.1) is 0 Å². The van der Waals surface area contributed by atoms with Gasteiger partial charge in [-0.05, 0) is 24.3 Å². The molecule has 0 heterocycles. The zero-order valence-corrected chi connectivity index (χ0v) is 12.9. The molecule has 6 heteroatoms. The molecule has 0 spiro atoms. The van der Waals surface area contributed by atoms with E-state index in [2.05, 4.69) is 10.5 Å². The molecule has 2 aromatic carbocycles. The molecule has 114 valence electrons. The summed E-state index contributed by atoms with van der Waals surface area (Å²) in [5.41, 5.74) is 3.57. The number of benzene rings is 2. The number of carbonyl (C=O) groups excluding carboxylic acids is 1. The Morgan fingerprint density at radius 3 is 2.55 bits per heavy atom. The van der Waals surface area contributed by atoms with Gasteiger partial charge in [0.2, 0.25) is 0 Å². The predicted molar refractivity (Wildman–Crippen MR) is 86.1 cm³/mol. The largest absolute Gasteiger partial charge is 0.493 e. The van der Waals surface area contributed by atoms with Crippen LogP contribution in [0.4, 0.5) is 0 Å². The summed E-state index contributed by atoms with van der Waals surface area (Å²) in [6.07, 6.45) is 1.49. The number of nitrogens with zero attached hydrogens (tertiary/aromatic N) is 1. The Hall–Kier alpha value is -2.53. The van der Waals surface area contributed by atoms with E-state index in [1.54, 1.807) is 30.3 Å². The van der Waals surface area contributed by atoms with Gasteiger partial charge in [-0.3, -0.25) is 4.79 Å². The molecule has 1 N–H and O–H groups in total. The SMILES string of the molecule is COc1ccc(C(=O)NN=Cc2ccccc2Cl)cc1OC. The Morgan fingerprint density at radius 1 is 1.14 bits per heavy atom. The van der Waals surface area contributed by atoms with Crippen LogP contribution in [0.15, 0.2) is 47.6 Å². The van der Waals surface area contributed by atoms with E-state index >= 15 is 0 Å². The van der Waals surface area contributed by atoms with Crippen LogP contribution in [0, 0.1) is 0 Å². The maximum absolute atomic E-state index is 12.0. The van der Waals surface area contributed by atoms with Crippen LogP contribution in [0.25, 0.3) is 0 Å². The van der Waals surface area contributed by atoms with E-state index in [0.717, 1.165) is 5.56 Å². The quantitative estimate of drug-likeness (QED) is 0.680. The molecule has 0 saturated carbocycles. The molecule has 0 fully saturated rings. The van der Waals surface area contributed by atoms with Gasteiger partial charge in [0.15, 0.2) is 11.5 Å². The first-order valence-corrected chi connectivity index (χ1v) is 6.83. The molecule has 0 bridgehead atoms. The Bertz CT molecular complexity index is 702. The number of hydrogen-bond acceptors (Lipinski definition) is 4. The summed E-state index contributed by atoms with van der Waals surface area (Å²) in [5, 5.41) is 4.46. The van der Waals surface area contributed by atoms with Crippen molar-refractivity contribution < 1.29 is 14.3 Å². The molecule has 22 heavy (non-hydrogen) atoms. The summed E-state index contributed by atoms with van der Waals surface area (Å²) in [6.45, 7) is 0. The van der Waals surface area contributed by atoms with Crippen molar-refractivity contribution in [2.24, 2.45) is 5.10 Å². The smallest absolute Gasteiger partial charge is 0.271 e. The third-order valence-electron chi connectivity index (χ3n) is 2.92. The lowest BCUT2D eigenvalue weighted by atomic mass is 10.2. The highest BCUT2D eigenvalue weighted by molar-refractivity contribution is 6.33. The van der Waals surface area contributed by atoms with Crippen molar-refractivity contribution in [1.29, 1.82) is 0 Å². The van der Waals surface area contributed by atoms with E-state index in [1.807, 2.05) is 12.1 Å². The second-order valence-electron chi connectivity index (χ2n) is 4.29. The Kier molecular flexibility index (Phi) is 5.38. The van der Waals surface area contributed by atoms with Crippen molar-refractivity contribution in [3.8, 4) is 11.5 Å². The minimum absolute atomic E-state index is 0.357. The fourth-order valence-corrected chi connectivity index (χ4v) is 1.97. The van der Waals surface area contributed by atoms with Gasteiger partial charge in [0, 0.05) is 16.1 Å². The maximum atomic E-state index is 12.0. The Balaban J connectivity index is 2.08. The van der Waals surface area contributed by atoms with Crippen LogP contribution in [-0.2, 0) is 0 Å². The monoisotopic (exact) mass is 318 g/mol. The Morgan fingerprint density at radius 2 is 1.86 bits per heavy atom. The fourth-order valence-electron chi connectivity index (χ4n) is 1.78. The summed E-state index contributed by atoms with van der Waals surface area (Å²) in [4.78, 5) is 12.0. The molecular formula is C16H15ClN2O3. The van der Waals surface area contributed by atoms with Crippen LogP contribution in [-0.4, -0.2) is 26.3 Å². The van der Waals surface area contributed by atoms with E-state index in [1.165, 1.54) is 20.4 Å². The third-order valence-corrected chi connectivity index (χ3v) is 3.26. The standard InChI is InChI=1S/C16H15ClN2O3/c1-21-14-8-7-11(9-15(14)22-2)16(20)19-18-10-12-5-3-4-6-13(12)17/h3-10H,1-2H3,(H,19,20). The molecule has 0 aliphatic heterocycles. The van der Waals surface area contributed by atoms with Gasteiger partial charge in [-0.1, -0.05) is 29.8 Å². The number of amides is 1. The third kappa shape index (κ3) is 3.77. The number of methoxy groups -OCH3 is 2. The summed E-state index contributed by atoms with van der Waals surface area (Å²) < 4.78 is 10.3. The summed E-state index contributed by atoms with van der Waals surface area (Å²) >= 11 is 6.00. The minimum atomic E-state index is -0.357.